The highest BCUT2D eigenvalue weighted by molar-refractivity contribution is 6.36. The molecular formula is C25H24Cl2N2O2. The van der Waals surface area contributed by atoms with Gasteiger partial charge in [0.25, 0.3) is 0 Å². The molecule has 1 N–H and O–H groups in total. The lowest BCUT2D eigenvalue weighted by atomic mass is 10.0. The second-order valence-electron chi connectivity index (χ2n) is 7.20. The first-order valence-electron chi connectivity index (χ1n) is 10.0. The summed E-state index contributed by atoms with van der Waals surface area (Å²) in [5.41, 5.74) is 2.46. The van der Waals surface area contributed by atoms with E-state index in [0.717, 1.165) is 11.1 Å². The van der Waals surface area contributed by atoms with Crippen LogP contribution in [0.25, 0.3) is 0 Å². The van der Waals surface area contributed by atoms with E-state index < -0.39 is 6.04 Å². The van der Waals surface area contributed by atoms with E-state index in [2.05, 4.69) is 5.32 Å². The Bertz CT molecular complexity index is 1010. The zero-order valence-electron chi connectivity index (χ0n) is 17.2. The number of carbonyl (C=O) groups is 2. The molecule has 6 heteroatoms. The highest BCUT2D eigenvalue weighted by Crippen LogP contribution is 2.26. The Kier molecular flexibility index (Phi) is 8.10. The second kappa shape index (κ2) is 11.0. The molecule has 3 rings (SSSR count). The number of hydrogen-bond donors (Lipinski definition) is 1. The van der Waals surface area contributed by atoms with E-state index in [4.69, 9.17) is 23.2 Å². The smallest absolute Gasteiger partial charge is 0.242 e. The standard InChI is InChI=1S/C25H24Cl2N2O2/c1-28-25(31)23(15-18-9-4-2-5-10-18)29(17-19-11-6-3-7-12-19)24(30)16-20-21(26)13-8-14-22(20)27/h2-14,23H,15-17H2,1H3,(H,28,31). The van der Waals surface area contributed by atoms with Crippen LogP contribution in [0.2, 0.25) is 10.0 Å². The topological polar surface area (TPSA) is 49.4 Å². The van der Waals surface area contributed by atoms with Crippen molar-refractivity contribution >= 4 is 35.0 Å². The summed E-state index contributed by atoms with van der Waals surface area (Å²) in [6.45, 7) is 0.298. The average Bonchev–Trinajstić information content (AvgIpc) is 2.79. The molecule has 1 unspecified atom stereocenters. The molecule has 3 aromatic rings. The minimum Gasteiger partial charge on any atom is -0.357 e. The zero-order valence-corrected chi connectivity index (χ0v) is 18.7. The Labute approximate surface area is 192 Å². The van der Waals surface area contributed by atoms with E-state index in [0.29, 0.717) is 28.6 Å². The van der Waals surface area contributed by atoms with Crippen molar-refractivity contribution in [3.05, 3.63) is 106 Å². The average molecular weight is 455 g/mol. The van der Waals surface area contributed by atoms with Gasteiger partial charge in [0, 0.05) is 30.1 Å². The molecule has 160 valence electrons. The van der Waals surface area contributed by atoms with Crippen LogP contribution in [0.4, 0.5) is 0 Å². The van der Waals surface area contributed by atoms with Gasteiger partial charge >= 0.3 is 0 Å². The van der Waals surface area contributed by atoms with Crippen molar-refractivity contribution < 1.29 is 9.59 Å². The number of hydrogen-bond acceptors (Lipinski definition) is 2. The molecule has 0 bridgehead atoms. The number of halogens is 2. The van der Waals surface area contributed by atoms with Crippen LogP contribution < -0.4 is 5.32 Å². The molecule has 0 fully saturated rings. The molecule has 0 spiro atoms. The summed E-state index contributed by atoms with van der Waals surface area (Å²) < 4.78 is 0. The van der Waals surface area contributed by atoms with Crippen LogP contribution in [0.15, 0.2) is 78.9 Å². The maximum absolute atomic E-state index is 13.5. The molecule has 1 atom stereocenters. The van der Waals surface area contributed by atoms with Gasteiger partial charge in [0.1, 0.15) is 6.04 Å². The van der Waals surface area contributed by atoms with Crippen molar-refractivity contribution in [2.75, 3.05) is 7.05 Å². The molecule has 31 heavy (non-hydrogen) atoms. The van der Waals surface area contributed by atoms with E-state index in [1.165, 1.54) is 0 Å². The van der Waals surface area contributed by atoms with Crippen LogP contribution in [-0.4, -0.2) is 29.8 Å². The summed E-state index contributed by atoms with van der Waals surface area (Å²) in [7, 11) is 1.58. The van der Waals surface area contributed by atoms with Crippen molar-refractivity contribution in [3.8, 4) is 0 Å². The first-order chi connectivity index (χ1) is 15.0. The molecule has 0 aliphatic carbocycles. The number of carbonyl (C=O) groups excluding carboxylic acids is 2. The van der Waals surface area contributed by atoms with E-state index in [9.17, 15) is 9.59 Å². The lowest BCUT2D eigenvalue weighted by Gasteiger charge is -2.31. The summed E-state index contributed by atoms with van der Waals surface area (Å²) in [5, 5.41) is 3.57. The number of rotatable bonds is 8. The van der Waals surface area contributed by atoms with Crippen molar-refractivity contribution in [2.45, 2.75) is 25.4 Å². The molecule has 0 radical (unpaired) electrons. The molecular weight excluding hydrogens is 431 g/mol. The minimum atomic E-state index is -0.679. The zero-order chi connectivity index (χ0) is 22.2. The molecule has 0 aliphatic rings. The quantitative estimate of drug-likeness (QED) is 0.524. The maximum Gasteiger partial charge on any atom is 0.242 e. The minimum absolute atomic E-state index is 0.00756. The van der Waals surface area contributed by atoms with Gasteiger partial charge in [0.2, 0.25) is 11.8 Å². The third-order valence-corrected chi connectivity index (χ3v) is 5.81. The van der Waals surface area contributed by atoms with E-state index in [1.54, 1.807) is 30.1 Å². The van der Waals surface area contributed by atoms with Crippen LogP contribution in [0, 0.1) is 0 Å². The molecule has 4 nitrogen and oxygen atoms in total. The molecule has 0 heterocycles. The molecule has 3 aromatic carbocycles. The molecule has 2 amide bonds. The number of amides is 2. The largest absolute Gasteiger partial charge is 0.357 e. The number of likely N-dealkylation sites (N-methyl/N-ethyl adjacent to an activating group) is 1. The SMILES string of the molecule is CNC(=O)C(Cc1ccccc1)N(Cc1ccccc1)C(=O)Cc1c(Cl)cccc1Cl. The third-order valence-electron chi connectivity index (χ3n) is 5.10. The normalized spacial score (nSPS) is 11.6. The molecule has 0 aromatic heterocycles. The summed E-state index contributed by atoms with van der Waals surface area (Å²) >= 11 is 12.6. The predicted molar refractivity (Wildman–Crippen MR) is 125 cm³/mol. The third kappa shape index (κ3) is 6.09. The van der Waals surface area contributed by atoms with Crippen LogP contribution in [0.3, 0.4) is 0 Å². The van der Waals surface area contributed by atoms with Crippen LogP contribution in [-0.2, 0) is 29.0 Å². The van der Waals surface area contributed by atoms with Gasteiger partial charge in [-0.05, 0) is 28.8 Å². The Balaban J connectivity index is 1.96. The fourth-order valence-electron chi connectivity index (χ4n) is 3.45. The van der Waals surface area contributed by atoms with Crippen LogP contribution in [0.1, 0.15) is 16.7 Å². The van der Waals surface area contributed by atoms with E-state index in [-0.39, 0.29) is 18.2 Å². The summed E-state index contributed by atoms with van der Waals surface area (Å²) in [6, 6.07) is 23.7. The van der Waals surface area contributed by atoms with E-state index >= 15 is 0 Å². The first kappa shape index (κ1) is 22.9. The summed E-state index contributed by atoms with van der Waals surface area (Å²) in [6.07, 6.45) is 0.406. The van der Waals surface area contributed by atoms with Gasteiger partial charge in [-0.25, -0.2) is 0 Å². The van der Waals surface area contributed by atoms with Gasteiger partial charge in [-0.3, -0.25) is 9.59 Å². The highest BCUT2D eigenvalue weighted by atomic mass is 35.5. The molecule has 0 aliphatic heterocycles. The van der Waals surface area contributed by atoms with Crippen LogP contribution in [0.5, 0.6) is 0 Å². The van der Waals surface area contributed by atoms with E-state index in [1.807, 2.05) is 60.7 Å². The van der Waals surface area contributed by atoms with Gasteiger partial charge in [-0.15, -0.1) is 0 Å². The van der Waals surface area contributed by atoms with Crippen molar-refractivity contribution in [1.82, 2.24) is 10.2 Å². The van der Waals surface area contributed by atoms with Gasteiger partial charge in [0.05, 0.1) is 6.42 Å². The van der Waals surface area contributed by atoms with Crippen molar-refractivity contribution in [1.29, 1.82) is 0 Å². The lowest BCUT2D eigenvalue weighted by molar-refractivity contribution is -0.140. The van der Waals surface area contributed by atoms with Crippen molar-refractivity contribution in [3.63, 3.8) is 0 Å². The van der Waals surface area contributed by atoms with Gasteiger partial charge in [0.15, 0.2) is 0 Å². The lowest BCUT2D eigenvalue weighted by Crippen LogP contribution is -2.50. The number of benzene rings is 3. The Morgan fingerprint density at radius 3 is 1.94 bits per heavy atom. The first-order valence-corrected chi connectivity index (χ1v) is 10.8. The Hall–Kier alpha value is -2.82. The fraction of sp³-hybridized carbons (Fsp3) is 0.200. The Morgan fingerprint density at radius 2 is 1.39 bits per heavy atom. The Morgan fingerprint density at radius 1 is 0.839 bits per heavy atom. The monoisotopic (exact) mass is 454 g/mol. The predicted octanol–water partition coefficient (Wildman–Crippen LogP) is 4.92. The number of nitrogens with zero attached hydrogens (tertiary/aromatic N) is 1. The van der Waals surface area contributed by atoms with Gasteiger partial charge in [-0.2, -0.15) is 0 Å². The van der Waals surface area contributed by atoms with Crippen molar-refractivity contribution in [2.24, 2.45) is 0 Å². The van der Waals surface area contributed by atoms with Gasteiger partial charge < -0.3 is 10.2 Å². The van der Waals surface area contributed by atoms with Crippen LogP contribution >= 0.6 is 23.2 Å². The summed E-state index contributed by atoms with van der Waals surface area (Å²) in [5.74, 6) is -0.443. The highest BCUT2D eigenvalue weighted by Gasteiger charge is 2.30. The summed E-state index contributed by atoms with van der Waals surface area (Å²) in [4.78, 5) is 28.0. The molecule has 0 saturated carbocycles. The second-order valence-corrected chi connectivity index (χ2v) is 8.02. The fourth-order valence-corrected chi connectivity index (χ4v) is 3.99. The maximum atomic E-state index is 13.5. The molecule has 0 saturated heterocycles. The van der Waals surface area contributed by atoms with Gasteiger partial charge in [-0.1, -0.05) is 89.9 Å². The number of nitrogens with one attached hydrogen (secondary N) is 1.